The van der Waals surface area contributed by atoms with Crippen LogP contribution in [0, 0.1) is 5.92 Å². The van der Waals surface area contributed by atoms with Crippen LogP contribution < -0.4 is 15.8 Å². The summed E-state index contributed by atoms with van der Waals surface area (Å²) in [5, 5.41) is 3.44. The highest BCUT2D eigenvalue weighted by Crippen LogP contribution is 2.35. The highest BCUT2D eigenvalue weighted by molar-refractivity contribution is 5.90. The first-order chi connectivity index (χ1) is 16.5. The number of carbonyl (C=O) groups is 2. The van der Waals surface area contributed by atoms with Crippen LogP contribution >= 0.6 is 0 Å². The van der Waals surface area contributed by atoms with Crippen molar-refractivity contribution in [3.05, 3.63) is 66.2 Å². The smallest absolute Gasteiger partial charge is 0.260 e. The van der Waals surface area contributed by atoms with Crippen molar-refractivity contribution in [3.63, 3.8) is 0 Å². The third kappa shape index (κ3) is 5.26. The van der Waals surface area contributed by atoms with E-state index in [-0.39, 0.29) is 18.4 Å². The summed E-state index contributed by atoms with van der Waals surface area (Å²) in [7, 11) is 0. The topological polar surface area (TPSA) is 87.9 Å². The van der Waals surface area contributed by atoms with E-state index in [1.165, 1.54) is 0 Å². The lowest BCUT2D eigenvalue weighted by Crippen LogP contribution is -2.49. The van der Waals surface area contributed by atoms with Gasteiger partial charge in [-0.25, -0.2) is 0 Å². The number of nitrogens with zero attached hydrogens (tertiary/aromatic N) is 2. The van der Waals surface area contributed by atoms with E-state index in [9.17, 15) is 9.59 Å². The second-order valence-corrected chi connectivity index (χ2v) is 9.35. The number of nitrogens with one attached hydrogen (secondary N) is 1. The molecule has 2 heterocycles. The molecule has 4 rings (SSSR count). The van der Waals surface area contributed by atoms with E-state index in [1.807, 2.05) is 70.5 Å². The summed E-state index contributed by atoms with van der Waals surface area (Å²) < 4.78 is 5.61. The molecule has 2 aliphatic heterocycles. The monoisotopic (exact) mass is 464 g/mol. The Morgan fingerprint density at radius 1 is 1.09 bits per heavy atom. The fourth-order valence-corrected chi connectivity index (χ4v) is 5.05. The maximum absolute atomic E-state index is 13.7. The maximum atomic E-state index is 13.7. The van der Waals surface area contributed by atoms with Gasteiger partial charge < -0.3 is 14.5 Å². The minimum atomic E-state index is -0.762. The number of nitrogens with two attached hydrogens (primary N) is 1. The Kier molecular flexibility index (Phi) is 7.85. The van der Waals surface area contributed by atoms with Gasteiger partial charge in [-0.1, -0.05) is 68.3 Å². The van der Waals surface area contributed by atoms with Gasteiger partial charge in [0.25, 0.3) is 5.91 Å². The van der Waals surface area contributed by atoms with Gasteiger partial charge >= 0.3 is 0 Å². The Morgan fingerprint density at radius 3 is 2.38 bits per heavy atom. The third-order valence-corrected chi connectivity index (χ3v) is 7.06. The van der Waals surface area contributed by atoms with E-state index in [0.29, 0.717) is 31.3 Å². The molecule has 34 heavy (non-hydrogen) atoms. The Hall–Kier alpha value is -2.90. The van der Waals surface area contributed by atoms with Crippen LogP contribution in [0.15, 0.2) is 60.7 Å². The first-order valence-electron chi connectivity index (χ1n) is 12.4. The molecular formula is C27H36N4O3. The number of amides is 2. The van der Waals surface area contributed by atoms with Crippen LogP contribution in [0.4, 0.5) is 0 Å². The van der Waals surface area contributed by atoms with Crippen molar-refractivity contribution in [2.24, 2.45) is 11.7 Å². The van der Waals surface area contributed by atoms with Crippen LogP contribution in [-0.4, -0.2) is 54.1 Å². The Labute approximate surface area is 202 Å². The third-order valence-electron chi connectivity index (χ3n) is 7.06. The zero-order chi connectivity index (χ0) is 24.0. The number of carbonyl (C=O) groups excluding carboxylic acids is 2. The van der Waals surface area contributed by atoms with E-state index in [4.69, 9.17) is 10.5 Å². The van der Waals surface area contributed by atoms with E-state index < -0.39 is 11.8 Å². The van der Waals surface area contributed by atoms with Gasteiger partial charge in [-0.3, -0.25) is 20.6 Å². The highest BCUT2D eigenvalue weighted by Gasteiger charge is 2.51. The average molecular weight is 465 g/mol. The molecule has 0 bridgehead atoms. The number of benzene rings is 2. The number of unbranched alkanes of at least 4 members (excludes halogenated alkanes) is 1. The van der Waals surface area contributed by atoms with Gasteiger partial charge in [0.2, 0.25) is 5.91 Å². The number of rotatable bonds is 9. The van der Waals surface area contributed by atoms with E-state index >= 15 is 0 Å². The van der Waals surface area contributed by atoms with Crippen LogP contribution in [0.5, 0.6) is 5.75 Å². The van der Waals surface area contributed by atoms with Crippen molar-refractivity contribution in [2.45, 2.75) is 50.9 Å². The van der Waals surface area contributed by atoms with E-state index in [1.54, 1.807) is 0 Å². The summed E-state index contributed by atoms with van der Waals surface area (Å²) >= 11 is 0. The molecule has 182 valence electrons. The fraction of sp³-hybridized carbons (Fsp3) is 0.481. The van der Waals surface area contributed by atoms with Gasteiger partial charge in [0.15, 0.2) is 6.61 Å². The van der Waals surface area contributed by atoms with Crippen molar-refractivity contribution >= 4 is 11.8 Å². The zero-order valence-electron chi connectivity index (χ0n) is 20.0. The molecular weight excluding hydrogens is 428 g/mol. The number of hydrogen-bond acceptors (Lipinski definition) is 5. The van der Waals surface area contributed by atoms with Gasteiger partial charge in [-0.15, -0.1) is 0 Å². The van der Waals surface area contributed by atoms with Crippen LogP contribution in [0.2, 0.25) is 0 Å². The molecule has 2 atom stereocenters. The lowest BCUT2D eigenvalue weighted by atomic mass is 9.84. The normalized spacial score (nSPS) is 23.4. The summed E-state index contributed by atoms with van der Waals surface area (Å²) in [4.78, 5) is 30.0. The average Bonchev–Trinajstić information content (AvgIpc) is 3.12. The van der Waals surface area contributed by atoms with Gasteiger partial charge in [-0.05, 0) is 42.9 Å². The summed E-state index contributed by atoms with van der Waals surface area (Å²) in [6.45, 7) is 4.13. The SMILES string of the molecule is CCCCC1(c2ccccc2)NC(N)N(CC2CCN(C(=O)COc3ccccc3)CC2)C1=O. The van der Waals surface area contributed by atoms with Gasteiger partial charge in [0.05, 0.1) is 0 Å². The minimum absolute atomic E-state index is 0.000537. The molecule has 2 amide bonds. The standard InChI is InChI=1S/C27H36N4O3/c1-2-3-16-27(22-10-6-4-7-11-22)25(33)31(26(28)29-27)19-21-14-17-30(18-15-21)24(32)20-34-23-12-8-5-9-13-23/h4-13,21,26,29H,2-3,14-20,28H2,1H3. The predicted octanol–water partition coefficient (Wildman–Crippen LogP) is 3.06. The van der Waals surface area contributed by atoms with Gasteiger partial charge in [-0.2, -0.15) is 0 Å². The Morgan fingerprint density at radius 2 is 1.74 bits per heavy atom. The van der Waals surface area contributed by atoms with Crippen LogP contribution in [-0.2, 0) is 15.1 Å². The molecule has 0 aromatic heterocycles. The van der Waals surface area contributed by atoms with Crippen molar-refractivity contribution in [2.75, 3.05) is 26.2 Å². The number of likely N-dealkylation sites (tertiary alicyclic amines) is 1. The Bertz CT molecular complexity index is 947. The molecule has 0 radical (unpaired) electrons. The van der Waals surface area contributed by atoms with E-state index in [0.717, 1.165) is 37.7 Å². The van der Waals surface area contributed by atoms with Crippen LogP contribution in [0.1, 0.15) is 44.6 Å². The largest absolute Gasteiger partial charge is 0.484 e. The molecule has 7 nitrogen and oxygen atoms in total. The molecule has 3 N–H and O–H groups in total. The number of piperidine rings is 1. The summed E-state index contributed by atoms with van der Waals surface area (Å²) in [5.41, 5.74) is 6.67. The van der Waals surface area contributed by atoms with Crippen LogP contribution in [0.3, 0.4) is 0 Å². The second-order valence-electron chi connectivity index (χ2n) is 9.35. The molecule has 0 spiro atoms. The lowest BCUT2D eigenvalue weighted by molar-refractivity contribution is -0.137. The molecule has 0 saturated carbocycles. The van der Waals surface area contributed by atoms with Gasteiger partial charge in [0.1, 0.15) is 17.6 Å². The van der Waals surface area contributed by atoms with Crippen LogP contribution in [0.25, 0.3) is 0 Å². The quantitative estimate of drug-likeness (QED) is 0.596. The molecule has 2 aromatic rings. The number of para-hydroxylation sites is 1. The minimum Gasteiger partial charge on any atom is -0.484 e. The molecule has 7 heteroatoms. The predicted molar refractivity (Wildman–Crippen MR) is 132 cm³/mol. The molecule has 2 unspecified atom stereocenters. The van der Waals surface area contributed by atoms with Crippen molar-refractivity contribution in [1.82, 2.24) is 15.1 Å². The lowest BCUT2D eigenvalue weighted by Gasteiger charge is -2.35. The van der Waals surface area contributed by atoms with Crippen molar-refractivity contribution < 1.29 is 14.3 Å². The molecule has 2 saturated heterocycles. The summed E-state index contributed by atoms with van der Waals surface area (Å²) in [6.07, 6.45) is 3.87. The maximum Gasteiger partial charge on any atom is 0.260 e. The number of hydrogen-bond donors (Lipinski definition) is 2. The molecule has 0 aliphatic carbocycles. The molecule has 2 fully saturated rings. The second kappa shape index (κ2) is 11.0. The molecule has 2 aliphatic rings. The van der Waals surface area contributed by atoms with Gasteiger partial charge in [0, 0.05) is 19.6 Å². The number of ether oxygens (including phenoxy) is 1. The summed E-state index contributed by atoms with van der Waals surface area (Å²) in [5.74, 6) is 1.08. The Balaban J connectivity index is 1.33. The highest BCUT2D eigenvalue weighted by atomic mass is 16.5. The summed E-state index contributed by atoms with van der Waals surface area (Å²) in [6, 6.07) is 19.3. The first kappa shape index (κ1) is 24.2. The first-order valence-corrected chi connectivity index (χ1v) is 12.4. The zero-order valence-corrected chi connectivity index (χ0v) is 20.0. The van der Waals surface area contributed by atoms with Crippen molar-refractivity contribution in [1.29, 1.82) is 0 Å². The van der Waals surface area contributed by atoms with Crippen molar-refractivity contribution in [3.8, 4) is 5.75 Å². The molecule has 2 aromatic carbocycles. The fourth-order valence-electron chi connectivity index (χ4n) is 5.05. The van der Waals surface area contributed by atoms with E-state index in [2.05, 4.69) is 12.2 Å².